The lowest BCUT2D eigenvalue weighted by Crippen LogP contribution is -2.13. The van der Waals surface area contributed by atoms with Crippen molar-refractivity contribution < 1.29 is 9.15 Å². The van der Waals surface area contributed by atoms with Gasteiger partial charge in [0.05, 0.1) is 22.2 Å². The van der Waals surface area contributed by atoms with E-state index in [0.717, 1.165) is 20.8 Å². The topological polar surface area (TPSA) is 60.2 Å². The van der Waals surface area contributed by atoms with Gasteiger partial charge >= 0.3 is 0 Å². The molecule has 0 saturated carbocycles. The number of nitrogens with zero attached hydrogens (tertiary/aromatic N) is 2. The number of oxazole rings is 1. The van der Waals surface area contributed by atoms with Crippen LogP contribution in [0.3, 0.4) is 0 Å². The summed E-state index contributed by atoms with van der Waals surface area (Å²) in [6.07, 6.45) is 1.46. The number of aromatic nitrogens is 2. The van der Waals surface area contributed by atoms with Gasteiger partial charge in [0.15, 0.2) is 6.39 Å². The zero-order chi connectivity index (χ0) is 12.3. The first-order chi connectivity index (χ1) is 8.22. The van der Waals surface area contributed by atoms with E-state index < -0.39 is 0 Å². The van der Waals surface area contributed by atoms with Gasteiger partial charge in [0, 0.05) is 13.1 Å². The number of hydrogen-bond donors (Lipinski definition) is 1. The van der Waals surface area contributed by atoms with Crippen molar-refractivity contribution in [3.8, 4) is 5.88 Å². The van der Waals surface area contributed by atoms with Gasteiger partial charge in [0.25, 0.3) is 0 Å². The fourth-order valence-corrected chi connectivity index (χ4v) is 2.74. The van der Waals surface area contributed by atoms with E-state index in [2.05, 4.69) is 30.6 Å². The minimum Gasteiger partial charge on any atom is -0.480 e. The lowest BCUT2D eigenvalue weighted by Gasteiger charge is -2.01. The average Bonchev–Trinajstić information content (AvgIpc) is 2.87. The Morgan fingerprint density at radius 3 is 2.94 bits per heavy atom. The zero-order valence-electron chi connectivity index (χ0n) is 9.49. The van der Waals surface area contributed by atoms with Crippen LogP contribution in [0.2, 0.25) is 0 Å². The van der Waals surface area contributed by atoms with Crippen molar-refractivity contribution in [1.29, 1.82) is 0 Å². The maximum Gasteiger partial charge on any atom is 0.239 e. The van der Waals surface area contributed by atoms with Gasteiger partial charge in [0.1, 0.15) is 5.76 Å². The van der Waals surface area contributed by atoms with Crippen molar-refractivity contribution in [2.45, 2.75) is 20.0 Å². The summed E-state index contributed by atoms with van der Waals surface area (Å²) in [5, 5.41) is 3.29. The summed E-state index contributed by atoms with van der Waals surface area (Å²) in [5.74, 6) is 1.47. The van der Waals surface area contributed by atoms with Crippen molar-refractivity contribution >= 4 is 27.5 Å². The summed E-state index contributed by atoms with van der Waals surface area (Å²) in [4.78, 5) is 5.21. The summed E-state index contributed by atoms with van der Waals surface area (Å²) < 4.78 is 15.3. The van der Waals surface area contributed by atoms with Gasteiger partial charge in [-0.3, -0.25) is 0 Å². The number of nitrogens with one attached hydrogen (secondary N) is 1. The third-order valence-electron chi connectivity index (χ3n) is 2.29. The van der Waals surface area contributed by atoms with E-state index in [4.69, 9.17) is 9.15 Å². The van der Waals surface area contributed by atoms with Gasteiger partial charge in [0.2, 0.25) is 5.88 Å². The molecule has 0 aliphatic rings. The summed E-state index contributed by atoms with van der Waals surface area (Å²) in [5.41, 5.74) is 0.928. The number of aryl methyl sites for hydroxylation is 1. The highest BCUT2D eigenvalue weighted by Gasteiger charge is 2.11. The molecular formula is C10H12BrN3O2S. The molecule has 5 nitrogen and oxygen atoms in total. The molecule has 0 bridgehead atoms. The van der Waals surface area contributed by atoms with Gasteiger partial charge in [-0.15, -0.1) is 0 Å². The predicted octanol–water partition coefficient (Wildman–Crippen LogP) is 2.50. The third kappa shape index (κ3) is 2.85. The van der Waals surface area contributed by atoms with Crippen LogP contribution in [0.5, 0.6) is 5.88 Å². The van der Waals surface area contributed by atoms with E-state index in [1.165, 1.54) is 17.9 Å². The molecule has 0 saturated heterocycles. The van der Waals surface area contributed by atoms with Crippen LogP contribution in [0.25, 0.3) is 0 Å². The van der Waals surface area contributed by atoms with Gasteiger partial charge in [-0.2, -0.15) is 4.37 Å². The van der Waals surface area contributed by atoms with Crippen LogP contribution in [0, 0.1) is 6.92 Å². The lowest BCUT2D eigenvalue weighted by atomic mass is 10.3. The number of rotatable bonds is 5. The molecule has 2 rings (SSSR count). The van der Waals surface area contributed by atoms with E-state index in [1.807, 2.05) is 6.92 Å². The van der Waals surface area contributed by atoms with Crippen LogP contribution >= 0.6 is 27.5 Å². The molecule has 17 heavy (non-hydrogen) atoms. The molecule has 0 unspecified atom stereocenters. The Bertz CT molecular complexity index is 497. The van der Waals surface area contributed by atoms with E-state index in [0.29, 0.717) is 19.0 Å². The van der Waals surface area contributed by atoms with E-state index in [1.54, 1.807) is 7.11 Å². The maximum atomic E-state index is 5.12. The van der Waals surface area contributed by atoms with Gasteiger partial charge < -0.3 is 14.5 Å². The van der Waals surface area contributed by atoms with Crippen molar-refractivity contribution in [2.24, 2.45) is 0 Å². The smallest absolute Gasteiger partial charge is 0.239 e. The number of ether oxygens (including phenoxy) is 1. The van der Waals surface area contributed by atoms with Crippen molar-refractivity contribution in [1.82, 2.24) is 14.7 Å². The van der Waals surface area contributed by atoms with E-state index in [9.17, 15) is 0 Å². The highest BCUT2D eigenvalue weighted by atomic mass is 79.9. The second kappa shape index (κ2) is 5.61. The molecule has 0 radical (unpaired) electrons. The largest absolute Gasteiger partial charge is 0.480 e. The molecule has 0 aliphatic heterocycles. The average molecular weight is 318 g/mol. The molecule has 2 aromatic rings. The first-order valence-electron chi connectivity index (χ1n) is 5.00. The lowest BCUT2D eigenvalue weighted by molar-refractivity contribution is 0.399. The fraction of sp³-hybridized carbons (Fsp3) is 0.400. The molecule has 2 heterocycles. The Balaban J connectivity index is 1.90. The Kier molecular flexibility index (Phi) is 4.14. The molecule has 0 aromatic carbocycles. The molecule has 7 heteroatoms. The highest BCUT2D eigenvalue weighted by molar-refractivity contribution is 9.10. The molecule has 2 aromatic heterocycles. The highest BCUT2D eigenvalue weighted by Crippen LogP contribution is 2.30. The van der Waals surface area contributed by atoms with Crippen LogP contribution < -0.4 is 10.1 Å². The molecular weight excluding hydrogens is 306 g/mol. The Morgan fingerprint density at radius 1 is 1.53 bits per heavy atom. The molecule has 92 valence electrons. The first kappa shape index (κ1) is 12.5. The van der Waals surface area contributed by atoms with Crippen molar-refractivity contribution in [2.75, 3.05) is 7.11 Å². The quantitative estimate of drug-likeness (QED) is 0.918. The van der Waals surface area contributed by atoms with Crippen molar-refractivity contribution in [3.63, 3.8) is 0 Å². The summed E-state index contributed by atoms with van der Waals surface area (Å²) in [6, 6.07) is 0. The summed E-state index contributed by atoms with van der Waals surface area (Å²) >= 11 is 4.87. The van der Waals surface area contributed by atoms with Gasteiger partial charge in [-0.05, 0) is 34.4 Å². The minimum absolute atomic E-state index is 0.629. The Labute approximate surface area is 111 Å². The predicted molar refractivity (Wildman–Crippen MR) is 68.1 cm³/mol. The molecule has 0 aliphatic carbocycles. The SMILES string of the molecule is COc1nsc(CNCc2ncoc2C)c1Br. The molecule has 0 atom stereocenters. The molecule has 0 spiro atoms. The Morgan fingerprint density at radius 2 is 2.35 bits per heavy atom. The van der Waals surface area contributed by atoms with Crippen LogP contribution in [-0.2, 0) is 13.1 Å². The number of halogens is 1. The molecule has 0 amide bonds. The molecule has 0 fully saturated rings. The Hall–Kier alpha value is -0.920. The number of methoxy groups -OCH3 is 1. The van der Waals surface area contributed by atoms with Gasteiger partial charge in [-0.1, -0.05) is 0 Å². The minimum atomic E-state index is 0.629. The fourth-order valence-electron chi connectivity index (χ4n) is 1.33. The summed E-state index contributed by atoms with van der Waals surface area (Å²) in [7, 11) is 1.61. The monoisotopic (exact) mass is 317 g/mol. The van der Waals surface area contributed by atoms with Crippen molar-refractivity contribution in [3.05, 3.63) is 27.2 Å². The second-order valence-electron chi connectivity index (χ2n) is 3.39. The first-order valence-corrected chi connectivity index (χ1v) is 6.56. The molecule has 1 N–H and O–H groups in total. The van der Waals surface area contributed by atoms with Crippen LogP contribution in [0.4, 0.5) is 0 Å². The third-order valence-corrected chi connectivity index (χ3v) is 4.19. The maximum absolute atomic E-state index is 5.12. The van der Waals surface area contributed by atoms with Crippen LogP contribution in [0.1, 0.15) is 16.3 Å². The van der Waals surface area contributed by atoms with Crippen LogP contribution in [-0.4, -0.2) is 16.5 Å². The summed E-state index contributed by atoms with van der Waals surface area (Å²) in [6.45, 7) is 3.29. The number of hydrogen-bond acceptors (Lipinski definition) is 6. The van der Waals surface area contributed by atoms with Crippen LogP contribution in [0.15, 0.2) is 15.3 Å². The standard InChI is InChI=1S/C10H12BrN3O2S/c1-6-7(13-5-16-6)3-12-4-8-9(11)10(15-2)14-17-8/h5,12H,3-4H2,1-2H3. The van der Waals surface area contributed by atoms with E-state index >= 15 is 0 Å². The van der Waals surface area contributed by atoms with E-state index in [-0.39, 0.29) is 0 Å². The normalized spacial score (nSPS) is 10.8. The second-order valence-corrected chi connectivity index (χ2v) is 5.04. The zero-order valence-corrected chi connectivity index (χ0v) is 11.9. The van der Waals surface area contributed by atoms with Gasteiger partial charge in [-0.25, -0.2) is 4.98 Å².